The molecule has 0 aliphatic rings. The normalized spacial score (nSPS) is 17.4. The second-order valence-corrected chi connectivity index (χ2v) is 5.99. The predicted octanol–water partition coefficient (Wildman–Crippen LogP) is 0.295. The van der Waals surface area contributed by atoms with Crippen LogP contribution in [-0.2, 0) is 0 Å². The Morgan fingerprint density at radius 3 is 1.57 bits per heavy atom. The molecule has 0 fully saturated rings. The summed E-state index contributed by atoms with van der Waals surface area (Å²) in [5.74, 6) is 0. The molecule has 0 aromatic rings. The third-order valence-corrected chi connectivity index (χ3v) is 0.709. The summed E-state index contributed by atoms with van der Waals surface area (Å²) in [5.41, 5.74) is 0. The molecule has 4 nitrogen and oxygen atoms in total. The van der Waals surface area contributed by atoms with Crippen LogP contribution in [0.3, 0.4) is 0 Å². The first-order chi connectivity index (χ1) is 2.81. The molecule has 44 valence electrons. The van der Waals surface area contributed by atoms with Crippen LogP contribution in [0.2, 0.25) is 0 Å². The van der Waals surface area contributed by atoms with E-state index in [2.05, 4.69) is 4.95 Å². The van der Waals surface area contributed by atoms with Crippen molar-refractivity contribution in [3.05, 3.63) is 4.91 Å². The molecule has 0 aromatic heterocycles. The summed E-state index contributed by atoms with van der Waals surface area (Å²) >= 11 is 0. The molecule has 0 saturated heterocycles. The molecule has 0 rings (SSSR count). The minimum atomic E-state index is -4.01. The molecule has 0 aliphatic heterocycles. The molecule has 0 saturated carbocycles. The molecule has 0 atom stereocenters. The van der Waals surface area contributed by atoms with Crippen molar-refractivity contribution >= 4 is 7.21 Å². The van der Waals surface area contributed by atoms with E-state index in [1.54, 1.807) is 0 Å². The molecule has 0 heterocycles. The van der Waals surface area contributed by atoms with Gasteiger partial charge in [0.15, 0.2) is 0 Å². The van der Waals surface area contributed by atoms with E-state index in [-0.39, 0.29) is 0 Å². The van der Waals surface area contributed by atoms with Crippen molar-refractivity contribution in [3.8, 4) is 0 Å². The first-order valence-electron chi connectivity index (χ1n) is 1.68. The first kappa shape index (κ1) is 6.95. The van der Waals surface area contributed by atoms with Gasteiger partial charge in [-0.15, -0.1) is 0 Å². The summed E-state index contributed by atoms with van der Waals surface area (Å²) < 4.78 is 0. The van der Waals surface area contributed by atoms with Crippen molar-refractivity contribution in [2.24, 2.45) is 4.95 Å². The van der Waals surface area contributed by atoms with Crippen molar-refractivity contribution in [2.45, 2.75) is 0 Å². The summed E-state index contributed by atoms with van der Waals surface area (Å²) in [7, 11) is -4.01. The Balaban J connectivity index is 4.10. The fourth-order valence-electron chi connectivity index (χ4n) is 0. The van der Waals surface area contributed by atoms with Crippen LogP contribution < -0.4 is 0 Å². The van der Waals surface area contributed by atoms with E-state index in [1.165, 1.54) is 0 Å². The monoisotopic (exact) mass is 125 g/mol. The minimum absolute atomic E-state index is 1.03. The second-order valence-electron chi connectivity index (χ2n) is 2.00. The van der Waals surface area contributed by atoms with Crippen molar-refractivity contribution in [1.29, 1.82) is 0 Å². The van der Waals surface area contributed by atoms with E-state index in [9.17, 15) is 4.91 Å². The molecule has 0 aliphatic carbocycles. The van der Waals surface area contributed by atoms with Crippen molar-refractivity contribution in [2.75, 3.05) is 13.3 Å². The summed E-state index contributed by atoms with van der Waals surface area (Å²) in [6.07, 6.45) is 0. The zero-order valence-corrected chi connectivity index (χ0v) is 5.09. The summed E-state index contributed by atoms with van der Waals surface area (Å²) in [6.45, 7) is 2.05. The number of hydrogen-bond donors (Lipinski definition) is 2. The van der Waals surface area contributed by atoms with Gasteiger partial charge in [0.1, 0.15) is 0 Å². The average molecular weight is 125 g/mol. The second kappa shape index (κ2) is 1.22. The standard InChI is InChI=1S/C2H8NO3P/c1-7(2,5,6)3-4/h5-6H,1-2H3. The predicted molar refractivity (Wildman–Crippen MR) is 29.0 cm³/mol. The van der Waals surface area contributed by atoms with Crippen LogP contribution >= 0.6 is 7.21 Å². The molecular weight excluding hydrogens is 117 g/mol. The molecule has 0 aromatic carbocycles. The third-order valence-electron chi connectivity index (χ3n) is 0.236. The van der Waals surface area contributed by atoms with E-state index in [1.807, 2.05) is 0 Å². The van der Waals surface area contributed by atoms with E-state index in [4.69, 9.17) is 9.79 Å². The Bertz CT molecular complexity index is 83.6. The molecule has 0 spiro atoms. The summed E-state index contributed by atoms with van der Waals surface area (Å²) in [6, 6.07) is 0. The van der Waals surface area contributed by atoms with Gasteiger partial charge in [-0.2, -0.15) is 0 Å². The molecule has 5 heteroatoms. The fraction of sp³-hybridized carbons (Fsp3) is 1.00. The van der Waals surface area contributed by atoms with Gasteiger partial charge in [-0.05, 0) is 0 Å². The zero-order chi connectivity index (χ0) is 6.15. The Hall–Kier alpha value is -0.0500. The van der Waals surface area contributed by atoms with Crippen LogP contribution in [0.1, 0.15) is 0 Å². The van der Waals surface area contributed by atoms with Crippen LogP contribution in [0, 0.1) is 4.91 Å². The molecule has 0 amide bonds. The van der Waals surface area contributed by atoms with E-state index >= 15 is 0 Å². The van der Waals surface area contributed by atoms with Crippen LogP contribution in [0.4, 0.5) is 0 Å². The topological polar surface area (TPSA) is 69.9 Å². The summed E-state index contributed by atoms with van der Waals surface area (Å²) in [4.78, 5) is 28.6. The average Bonchev–Trinajstić information content (AvgIpc) is 1.32. The molecule has 2 N–H and O–H groups in total. The van der Waals surface area contributed by atoms with Gasteiger partial charge < -0.3 is 0 Å². The van der Waals surface area contributed by atoms with Gasteiger partial charge in [-0.25, -0.2) is 0 Å². The first-order valence-corrected chi connectivity index (χ1v) is 4.67. The third kappa shape index (κ3) is 5.95. The fourth-order valence-corrected chi connectivity index (χ4v) is 0. The van der Waals surface area contributed by atoms with E-state index in [0.29, 0.717) is 0 Å². The number of nitroso groups, excluding NO2 is 1. The quantitative estimate of drug-likeness (QED) is 0.391. The van der Waals surface area contributed by atoms with Gasteiger partial charge >= 0.3 is 40.2 Å². The van der Waals surface area contributed by atoms with Crippen molar-refractivity contribution in [3.63, 3.8) is 0 Å². The van der Waals surface area contributed by atoms with Gasteiger partial charge in [0.05, 0.1) is 0 Å². The Morgan fingerprint density at radius 1 is 1.43 bits per heavy atom. The maximum absolute atomic E-state index is 9.46. The molecular formula is C2H8NO3P. The van der Waals surface area contributed by atoms with Crippen LogP contribution in [0.5, 0.6) is 0 Å². The van der Waals surface area contributed by atoms with E-state index in [0.717, 1.165) is 13.3 Å². The van der Waals surface area contributed by atoms with Gasteiger partial charge in [-0.1, -0.05) is 0 Å². The summed E-state index contributed by atoms with van der Waals surface area (Å²) in [5, 5.41) is 0. The Morgan fingerprint density at radius 2 is 1.57 bits per heavy atom. The molecule has 0 radical (unpaired) electrons. The maximum atomic E-state index is 9.46. The molecule has 7 heavy (non-hydrogen) atoms. The molecule has 0 unspecified atom stereocenters. The number of hydrogen-bond acceptors (Lipinski definition) is 4. The van der Waals surface area contributed by atoms with Gasteiger partial charge in [0, 0.05) is 0 Å². The van der Waals surface area contributed by atoms with E-state index < -0.39 is 7.21 Å². The van der Waals surface area contributed by atoms with Crippen LogP contribution in [0.25, 0.3) is 0 Å². The van der Waals surface area contributed by atoms with Gasteiger partial charge in [0.2, 0.25) is 0 Å². The van der Waals surface area contributed by atoms with Crippen molar-refractivity contribution < 1.29 is 9.79 Å². The van der Waals surface area contributed by atoms with Gasteiger partial charge in [0.25, 0.3) is 0 Å². The Kier molecular flexibility index (Phi) is 1.21. The Labute approximate surface area is 41.3 Å². The van der Waals surface area contributed by atoms with Gasteiger partial charge in [-0.3, -0.25) is 0 Å². The molecule has 0 bridgehead atoms. The SMILES string of the molecule is CP(C)(O)(O)N=O. The zero-order valence-electron chi connectivity index (χ0n) is 4.20. The van der Waals surface area contributed by atoms with Crippen LogP contribution in [-0.4, -0.2) is 23.1 Å². The van der Waals surface area contributed by atoms with Crippen molar-refractivity contribution in [1.82, 2.24) is 0 Å². The number of rotatable bonds is 1. The van der Waals surface area contributed by atoms with Crippen LogP contribution in [0.15, 0.2) is 4.95 Å². The number of nitrogens with zero attached hydrogens (tertiary/aromatic N) is 1.